The molecule has 1 saturated carbocycles. The third-order valence-corrected chi connectivity index (χ3v) is 7.17. The van der Waals surface area contributed by atoms with Crippen LogP contribution in [0.3, 0.4) is 0 Å². The van der Waals surface area contributed by atoms with Gasteiger partial charge in [-0.05, 0) is 77.6 Å². The van der Waals surface area contributed by atoms with Crippen LogP contribution in [0.15, 0.2) is 43.0 Å². The van der Waals surface area contributed by atoms with Crippen molar-refractivity contribution >= 4 is 50.3 Å². The molecular weight excluding hydrogens is 595 g/mol. The van der Waals surface area contributed by atoms with Crippen LogP contribution < -0.4 is 10.5 Å². The van der Waals surface area contributed by atoms with E-state index in [0.717, 1.165) is 22.0 Å². The van der Waals surface area contributed by atoms with E-state index < -0.39 is 16.4 Å². The fourth-order valence-electron chi connectivity index (χ4n) is 4.01. The van der Waals surface area contributed by atoms with Crippen molar-refractivity contribution in [1.82, 2.24) is 19.7 Å². The van der Waals surface area contributed by atoms with E-state index in [-0.39, 0.29) is 18.6 Å². The second-order valence-electron chi connectivity index (χ2n) is 8.20. The normalized spacial score (nSPS) is 19.3. The molecule has 13 heteroatoms. The van der Waals surface area contributed by atoms with Gasteiger partial charge in [0, 0.05) is 32.6 Å². The highest BCUT2D eigenvalue weighted by atomic mass is 127. The first-order valence-corrected chi connectivity index (χ1v) is 13.5. The van der Waals surface area contributed by atoms with Gasteiger partial charge in [0.05, 0.1) is 18.8 Å². The Kier molecular flexibility index (Phi) is 8.05. The lowest BCUT2D eigenvalue weighted by molar-refractivity contribution is 0.214. The number of nitrogens with two attached hydrogens (primary N) is 1. The molecule has 3 atom stereocenters. The fourth-order valence-corrected chi connectivity index (χ4v) is 5.13. The molecule has 1 fully saturated rings. The molecule has 4 N–H and O–H groups in total. The Labute approximate surface area is 216 Å². The molecule has 4 rings (SSSR count). The van der Waals surface area contributed by atoms with E-state index in [1.165, 1.54) is 6.33 Å². The standard InChI is InChI=1S/C21H24ClIN6O4S/c22-18-4-2-15(23)8-14(18)10-29-6-5-19(28-29)20(30)17-9-25-12-26-21(17)27-16-3-1-13(7-16)11-33-34(24,31)32/h2,4-6,8-9,12-13,16,20,30H,1,3,7,10-11H2,(H2,24,31,32)(H,25,26,27)/t13-,16+,20?/m1/s1. The van der Waals surface area contributed by atoms with E-state index in [4.69, 9.17) is 20.9 Å². The van der Waals surface area contributed by atoms with Crippen LogP contribution in [-0.4, -0.2) is 45.9 Å². The van der Waals surface area contributed by atoms with Gasteiger partial charge in [0.15, 0.2) is 0 Å². The van der Waals surface area contributed by atoms with Crippen molar-refractivity contribution in [2.24, 2.45) is 11.1 Å². The minimum absolute atomic E-state index is 0.0511. The van der Waals surface area contributed by atoms with Gasteiger partial charge in [-0.3, -0.25) is 8.86 Å². The molecule has 10 nitrogen and oxygen atoms in total. The predicted molar refractivity (Wildman–Crippen MR) is 135 cm³/mol. The van der Waals surface area contributed by atoms with Crippen LogP contribution in [0.25, 0.3) is 0 Å². The second kappa shape index (κ2) is 10.8. The van der Waals surface area contributed by atoms with Crippen LogP contribution in [-0.2, 0) is 21.0 Å². The minimum atomic E-state index is -3.95. The summed E-state index contributed by atoms with van der Waals surface area (Å²) < 4.78 is 29.6. The lowest BCUT2D eigenvalue weighted by Gasteiger charge is -2.18. The highest BCUT2D eigenvalue weighted by molar-refractivity contribution is 14.1. The van der Waals surface area contributed by atoms with E-state index in [2.05, 4.69) is 43.0 Å². The van der Waals surface area contributed by atoms with Crippen molar-refractivity contribution in [1.29, 1.82) is 0 Å². The number of nitrogens with one attached hydrogen (secondary N) is 1. The number of hydrogen-bond acceptors (Lipinski definition) is 8. The predicted octanol–water partition coefficient (Wildman–Crippen LogP) is 2.86. The zero-order chi connectivity index (χ0) is 24.3. The van der Waals surface area contributed by atoms with Gasteiger partial charge >= 0.3 is 10.3 Å². The van der Waals surface area contributed by atoms with E-state index in [1.807, 2.05) is 18.2 Å². The van der Waals surface area contributed by atoms with Gasteiger partial charge in [-0.1, -0.05) is 11.6 Å². The lowest BCUT2D eigenvalue weighted by atomic mass is 10.1. The van der Waals surface area contributed by atoms with Gasteiger partial charge in [-0.25, -0.2) is 15.1 Å². The van der Waals surface area contributed by atoms with Crippen LogP contribution in [0.1, 0.15) is 42.2 Å². The van der Waals surface area contributed by atoms with E-state index in [9.17, 15) is 13.5 Å². The molecule has 1 unspecified atom stereocenters. The summed E-state index contributed by atoms with van der Waals surface area (Å²) in [6.45, 7) is 0.529. The van der Waals surface area contributed by atoms with Crippen molar-refractivity contribution in [3.63, 3.8) is 0 Å². The average Bonchev–Trinajstić information content (AvgIpc) is 3.44. The quantitative estimate of drug-likeness (QED) is 0.311. The Morgan fingerprint density at radius 2 is 2.18 bits per heavy atom. The molecule has 0 amide bonds. The number of benzene rings is 1. The average molecular weight is 619 g/mol. The molecule has 34 heavy (non-hydrogen) atoms. The topological polar surface area (TPSA) is 145 Å². The van der Waals surface area contributed by atoms with Crippen LogP contribution in [0.4, 0.5) is 5.82 Å². The highest BCUT2D eigenvalue weighted by Crippen LogP contribution is 2.31. The molecule has 1 aliphatic carbocycles. The largest absolute Gasteiger partial charge is 0.382 e. The van der Waals surface area contributed by atoms with Gasteiger partial charge in [0.2, 0.25) is 0 Å². The molecule has 0 radical (unpaired) electrons. The summed E-state index contributed by atoms with van der Waals surface area (Å²) >= 11 is 8.54. The molecule has 3 aromatic rings. The van der Waals surface area contributed by atoms with Crippen molar-refractivity contribution in [2.75, 3.05) is 11.9 Å². The molecule has 0 bridgehead atoms. The summed E-state index contributed by atoms with van der Waals surface area (Å²) in [5, 5.41) is 24.5. The Balaban J connectivity index is 1.43. The molecule has 0 spiro atoms. The number of aliphatic hydroxyl groups excluding tert-OH is 1. The number of hydrogen-bond donors (Lipinski definition) is 3. The number of nitrogens with zero attached hydrogens (tertiary/aromatic N) is 4. The summed E-state index contributed by atoms with van der Waals surface area (Å²) in [5.74, 6) is 0.574. The highest BCUT2D eigenvalue weighted by Gasteiger charge is 2.28. The zero-order valence-corrected chi connectivity index (χ0v) is 21.7. The number of aliphatic hydroxyl groups is 1. The summed E-state index contributed by atoms with van der Waals surface area (Å²) in [6, 6.07) is 7.59. The molecule has 1 aliphatic rings. The molecule has 2 aromatic heterocycles. The third-order valence-electron chi connectivity index (χ3n) is 5.67. The maximum atomic E-state index is 11.0. The lowest BCUT2D eigenvalue weighted by Crippen LogP contribution is -2.22. The smallest absolute Gasteiger partial charge is 0.333 e. The van der Waals surface area contributed by atoms with Gasteiger partial charge in [0.25, 0.3) is 0 Å². The summed E-state index contributed by atoms with van der Waals surface area (Å²) in [7, 11) is -3.95. The zero-order valence-electron chi connectivity index (χ0n) is 18.0. The molecular formula is C21H24ClIN6O4S. The van der Waals surface area contributed by atoms with E-state index >= 15 is 0 Å². The minimum Gasteiger partial charge on any atom is -0.382 e. The summed E-state index contributed by atoms with van der Waals surface area (Å²) in [4.78, 5) is 8.38. The first-order valence-electron chi connectivity index (χ1n) is 10.6. The number of halogens is 2. The monoisotopic (exact) mass is 618 g/mol. The van der Waals surface area contributed by atoms with Crippen molar-refractivity contribution in [2.45, 2.75) is 38.0 Å². The van der Waals surface area contributed by atoms with Gasteiger partial charge in [0.1, 0.15) is 18.2 Å². The van der Waals surface area contributed by atoms with Crippen LogP contribution in [0.2, 0.25) is 5.02 Å². The molecule has 0 saturated heterocycles. The van der Waals surface area contributed by atoms with Crippen LogP contribution in [0, 0.1) is 9.49 Å². The van der Waals surface area contributed by atoms with E-state index in [0.29, 0.717) is 35.1 Å². The first kappa shape index (κ1) is 25.3. The Morgan fingerprint density at radius 3 is 2.97 bits per heavy atom. The van der Waals surface area contributed by atoms with E-state index in [1.54, 1.807) is 23.1 Å². The molecule has 182 valence electrons. The third kappa shape index (κ3) is 6.64. The maximum absolute atomic E-state index is 11.0. The number of rotatable bonds is 9. The van der Waals surface area contributed by atoms with Crippen molar-refractivity contribution in [3.05, 3.63) is 68.4 Å². The maximum Gasteiger partial charge on any atom is 0.333 e. The number of aromatic nitrogens is 4. The molecule has 2 heterocycles. The van der Waals surface area contributed by atoms with Gasteiger partial charge in [-0.15, -0.1) is 0 Å². The SMILES string of the molecule is NS(=O)(=O)OC[C@@H]1CC[C@H](Nc2ncncc2C(O)c2ccn(Cc3cc(I)ccc3Cl)n2)C1. The van der Waals surface area contributed by atoms with Gasteiger partial charge < -0.3 is 10.4 Å². The Morgan fingerprint density at radius 1 is 1.35 bits per heavy atom. The van der Waals surface area contributed by atoms with Crippen LogP contribution >= 0.6 is 34.2 Å². The fraction of sp³-hybridized carbons (Fsp3) is 0.381. The molecule has 1 aromatic carbocycles. The van der Waals surface area contributed by atoms with Crippen molar-refractivity contribution < 1.29 is 17.7 Å². The summed E-state index contributed by atoms with van der Waals surface area (Å²) in [6.07, 6.45) is 6.03. The van der Waals surface area contributed by atoms with Gasteiger partial charge in [-0.2, -0.15) is 13.5 Å². The van der Waals surface area contributed by atoms with Crippen LogP contribution in [0.5, 0.6) is 0 Å². The Hall–Kier alpha value is -1.84. The summed E-state index contributed by atoms with van der Waals surface area (Å²) in [5.41, 5.74) is 1.90. The second-order valence-corrected chi connectivity index (χ2v) is 11.1. The Bertz CT molecular complexity index is 1260. The van der Waals surface area contributed by atoms with Crippen molar-refractivity contribution in [3.8, 4) is 0 Å². The molecule has 0 aliphatic heterocycles. The first-order chi connectivity index (χ1) is 16.2. The number of anilines is 1.